The quantitative estimate of drug-likeness (QED) is 0.809. The lowest BCUT2D eigenvalue weighted by Gasteiger charge is -2.31. The Morgan fingerprint density at radius 3 is 3.00 bits per heavy atom. The summed E-state index contributed by atoms with van der Waals surface area (Å²) >= 11 is 0. The molecule has 0 aliphatic carbocycles. The highest BCUT2D eigenvalue weighted by Gasteiger charge is 2.27. The highest BCUT2D eigenvalue weighted by molar-refractivity contribution is 7.87. The van der Waals surface area contributed by atoms with E-state index in [0.717, 1.165) is 18.4 Å². The van der Waals surface area contributed by atoms with Crippen LogP contribution in [0, 0.1) is 5.92 Å². The fraction of sp³-hybridized carbons (Fsp3) is 0.571. The Labute approximate surface area is 126 Å². The molecule has 1 fully saturated rings. The molecular weight excluding hydrogens is 290 g/mol. The van der Waals surface area contributed by atoms with Gasteiger partial charge in [0.05, 0.1) is 7.11 Å². The molecule has 0 aromatic heterocycles. The fourth-order valence-electron chi connectivity index (χ4n) is 2.49. The third-order valence-corrected chi connectivity index (χ3v) is 5.27. The van der Waals surface area contributed by atoms with Gasteiger partial charge in [-0.15, -0.1) is 0 Å². The molecular formula is C14H23N3O3S. The molecule has 1 atom stereocenters. The van der Waals surface area contributed by atoms with E-state index in [1.165, 1.54) is 4.31 Å². The smallest absolute Gasteiger partial charge is 0.279 e. The van der Waals surface area contributed by atoms with Crippen molar-refractivity contribution in [3.8, 4) is 5.75 Å². The summed E-state index contributed by atoms with van der Waals surface area (Å²) in [5.74, 6) is 0.972. The third-order valence-electron chi connectivity index (χ3n) is 3.75. The van der Waals surface area contributed by atoms with E-state index in [1.54, 1.807) is 7.11 Å². The van der Waals surface area contributed by atoms with Crippen LogP contribution in [0.2, 0.25) is 0 Å². The summed E-state index contributed by atoms with van der Waals surface area (Å²) in [6.45, 7) is 1.85. The molecule has 1 aliphatic rings. The predicted octanol–water partition coefficient (Wildman–Crippen LogP) is 0.700. The zero-order valence-corrected chi connectivity index (χ0v) is 13.1. The maximum absolute atomic E-state index is 12.3. The van der Waals surface area contributed by atoms with Gasteiger partial charge in [0.1, 0.15) is 5.75 Å². The monoisotopic (exact) mass is 313 g/mol. The van der Waals surface area contributed by atoms with Gasteiger partial charge in [0, 0.05) is 19.6 Å². The van der Waals surface area contributed by atoms with E-state index in [2.05, 4.69) is 4.72 Å². The van der Waals surface area contributed by atoms with Crippen LogP contribution in [0.3, 0.4) is 0 Å². The predicted molar refractivity (Wildman–Crippen MR) is 82.1 cm³/mol. The average Bonchev–Trinajstić information content (AvgIpc) is 2.53. The second-order valence-electron chi connectivity index (χ2n) is 5.28. The summed E-state index contributed by atoms with van der Waals surface area (Å²) < 4.78 is 33.9. The number of hydrogen-bond acceptors (Lipinski definition) is 4. The SMILES string of the molecule is COc1cccc(CNS(=O)(=O)N2CCCC(CN)C2)c1. The van der Waals surface area contributed by atoms with Crippen molar-refractivity contribution in [1.29, 1.82) is 0 Å². The summed E-state index contributed by atoms with van der Waals surface area (Å²) in [7, 11) is -1.87. The van der Waals surface area contributed by atoms with Crippen molar-refractivity contribution in [3.63, 3.8) is 0 Å². The van der Waals surface area contributed by atoms with E-state index in [-0.39, 0.29) is 12.5 Å². The van der Waals surface area contributed by atoms with Gasteiger partial charge < -0.3 is 10.5 Å². The minimum Gasteiger partial charge on any atom is -0.497 e. The standard InChI is InChI=1S/C14H23N3O3S/c1-20-14-6-2-4-12(8-14)10-16-21(18,19)17-7-3-5-13(9-15)11-17/h2,4,6,8,13,16H,3,5,7,9-11,15H2,1H3. The number of nitrogens with one attached hydrogen (secondary N) is 1. The Balaban J connectivity index is 1.97. The summed E-state index contributed by atoms with van der Waals surface area (Å²) in [5.41, 5.74) is 6.52. The number of methoxy groups -OCH3 is 1. The van der Waals surface area contributed by atoms with Crippen molar-refractivity contribution in [3.05, 3.63) is 29.8 Å². The molecule has 0 radical (unpaired) electrons. The highest BCUT2D eigenvalue weighted by atomic mass is 32.2. The summed E-state index contributed by atoms with van der Waals surface area (Å²) in [5, 5.41) is 0. The van der Waals surface area contributed by atoms with Crippen molar-refractivity contribution in [2.75, 3.05) is 26.7 Å². The first-order valence-corrected chi connectivity index (χ1v) is 8.57. The summed E-state index contributed by atoms with van der Waals surface area (Å²) in [6, 6.07) is 7.35. The van der Waals surface area contributed by atoms with Crippen molar-refractivity contribution in [1.82, 2.24) is 9.03 Å². The molecule has 3 N–H and O–H groups in total. The van der Waals surface area contributed by atoms with Crippen LogP contribution in [0.1, 0.15) is 18.4 Å². The van der Waals surface area contributed by atoms with Crippen LogP contribution in [-0.2, 0) is 16.8 Å². The fourth-order valence-corrected chi connectivity index (χ4v) is 3.79. The molecule has 1 unspecified atom stereocenters. The molecule has 6 nitrogen and oxygen atoms in total. The van der Waals surface area contributed by atoms with Crippen molar-refractivity contribution in [2.24, 2.45) is 11.7 Å². The zero-order valence-electron chi connectivity index (χ0n) is 12.3. The lowest BCUT2D eigenvalue weighted by molar-refractivity contribution is 0.268. The molecule has 118 valence electrons. The maximum atomic E-state index is 12.3. The molecule has 1 saturated heterocycles. The number of ether oxygens (including phenoxy) is 1. The number of piperidine rings is 1. The summed E-state index contributed by atoms with van der Waals surface area (Å²) in [6.07, 6.45) is 1.86. The first-order chi connectivity index (χ1) is 10.0. The normalized spacial score (nSPS) is 20.4. The number of rotatable bonds is 6. The molecule has 1 aromatic carbocycles. The van der Waals surface area contributed by atoms with Crippen molar-refractivity contribution < 1.29 is 13.2 Å². The van der Waals surface area contributed by atoms with Gasteiger partial charge in [0.15, 0.2) is 0 Å². The molecule has 0 amide bonds. The topological polar surface area (TPSA) is 84.7 Å². The minimum absolute atomic E-state index is 0.253. The van der Waals surface area contributed by atoms with Crippen LogP contribution in [0.4, 0.5) is 0 Å². The minimum atomic E-state index is -3.46. The van der Waals surface area contributed by atoms with E-state index in [1.807, 2.05) is 24.3 Å². The number of nitrogens with zero attached hydrogens (tertiary/aromatic N) is 1. The Kier molecular flexibility index (Phi) is 5.58. The average molecular weight is 313 g/mol. The largest absolute Gasteiger partial charge is 0.497 e. The molecule has 1 aliphatic heterocycles. The van der Waals surface area contributed by atoms with Crippen LogP contribution < -0.4 is 15.2 Å². The van der Waals surface area contributed by atoms with Gasteiger partial charge in [-0.05, 0) is 43.0 Å². The Bertz CT molecular complexity index is 562. The highest BCUT2D eigenvalue weighted by Crippen LogP contribution is 2.18. The zero-order chi connectivity index (χ0) is 15.3. The molecule has 7 heteroatoms. The number of nitrogens with two attached hydrogens (primary N) is 1. The Morgan fingerprint density at radius 2 is 2.29 bits per heavy atom. The lowest BCUT2D eigenvalue weighted by Crippen LogP contribution is -2.47. The molecule has 1 aromatic rings. The second kappa shape index (κ2) is 7.22. The van der Waals surface area contributed by atoms with E-state index in [0.29, 0.717) is 25.4 Å². The Morgan fingerprint density at radius 1 is 1.48 bits per heavy atom. The van der Waals surface area contributed by atoms with Gasteiger partial charge in [-0.1, -0.05) is 12.1 Å². The van der Waals surface area contributed by atoms with E-state index in [9.17, 15) is 8.42 Å². The van der Waals surface area contributed by atoms with Crippen LogP contribution >= 0.6 is 0 Å². The second-order valence-corrected chi connectivity index (χ2v) is 7.03. The van der Waals surface area contributed by atoms with Crippen LogP contribution in [-0.4, -0.2) is 39.5 Å². The Hall–Kier alpha value is -1.15. The van der Waals surface area contributed by atoms with E-state index < -0.39 is 10.2 Å². The van der Waals surface area contributed by atoms with Gasteiger partial charge in [-0.3, -0.25) is 0 Å². The van der Waals surface area contributed by atoms with E-state index in [4.69, 9.17) is 10.5 Å². The molecule has 0 spiro atoms. The van der Waals surface area contributed by atoms with Gasteiger partial charge >= 0.3 is 0 Å². The molecule has 2 rings (SSSR count). The van der Waals surface area contributed by atoms with Crippen LogP contribution in [0.25, 0.3) is 0 Å². The molecule has 21 heavy (non-hydrogen) atoms. The third kappa shape index (κ3) is 4.41. The van der Waals surface area contributed by atoms with Gasteiger partial charge in [-0.2, -0.15) is 17.4 Å². The van der Waals surface area contributed by atoms with Crippen molar-refractivity contribution in [2.45, 2.75) is 19.4 Å². The molecule has 0 saturated carbocycles. The molecule has 0 bridgehead atoms. The number of hydrogen-bond donors (Lipinski definition) is 2. The van der Waals surface area contributed by atoms with Gasteiger partial charge in [0.25, 0.3) is 10.2 Å². The number of benzene rings is 1. The maximum Gasteiger partial charge on any atom is 0.279 e. The summed E-state index contributed by atoms with van der Waals surface area (Å²) in [4.78, 5) is 0. The van der Waals surface area contributed by atoms with Crippen LogP contribution in [0.15, 0.2) is 24.3 Å². The van der Waals surface area contributed by atoms with Crippen LogP contribution in [0.5, 0.6) is 5.75 Å². The van der Waals surface area contributed by atoms with Gasteiger partial charge in [-0.25, -0.2) is 0 Å². The van der Waals surface area contributed by atoms with Gasteiger partial charge in [0.2, 0.25) is 0 Å². The van der Waals surface area contributed by atoms with Crippen molar-refractivity contribution >= 4 is 10.2 Å². The van der Waals surface area contributed by atoms with E-state index >= 15 is 0 Å². The molecule has 1 heterocycles. The first-order valence-electron chi connectivity index (χ1n) is 7.13. The first kappa shape index (κ1) is 16.2. The lowest BCUT2D eigenvalue weighted by atomic mass is 10.0.